The van der Waals surface area contributed by atoms with Gasteiger partial charge in [0.05, 0.1) is 24.5 Å². The summed E-state index contributed by atoms with van der Waals surface area (Å²) in [4.78, 5) is 21.2. The molecule has 6 heteroatoms. The Morgan fingerprint density at radius 3 is 2.05 bits per heavy atom. The normalized spacial score (nSPS) is 8.67. The number of hydrogen-bond acceptors (Lipinski definition) is 6. The predicted octanol–water partition coefficient (Wildman–Crippen LogP) is 2.10. The Morgan fingerprint density at radius 2 is 1.67 bits per heavy atom. The molecule has 0 fully saturated rings. The summed E-state index contributed by atoms with van der Waals surface area (Å²) in [6, 6.07) is 9.48. The van der Waals surface area contributed by atoms with E-state index >= 15 is 0 Å². The number of benzene rings is 1. The van der Waals surface area contributed by atoms with Gasteiger partial charge in [0.25, 0.3) is 0 Å². The Labute approximate surface area is 124 Å². The second-order valence-electron chi connectivity index (χ2n) is 3.69. The number of esters is 2. The second-order valence-corrected chi connectivity index (χ2v) is 3.69. The molecule has 1 aromatic carbocycles. The van der Waals surface area contributed by atoms with Crippen LogP contribution in [0.2, 0.25) is 0 Å². The summed E-state index contributed by atoms with van der Waals surface area (Å²) in [6.07, 6.45) is -0.290. The van der Waals surface area contributed by atoms with Gasteiger partial charge in [-0.25, -0.2) is 0 Å². The van der Waals surface area contributed by atoms with Crippen molar-refractivity contribution in [2.24, 2.45) is 0 Å². The largest absolute Gasteiger partial charge is 0.466 e. The van der Waals surface area contributed by atoms with Crippen molar-refractivity contribution in [3.8, 4) is 6.07 Å². The zero-order chi connectivity index (χ0) is 16.1. The predicted molar refractivity (Wildman–Crippen MR) is 78.6 cm³/mol. The molecule has 0 heterocycles. The molecular weight excluding hydrogens is 272 g/mol. The molecule has 0 aromatic heterocycles. The van der Waals surface area contributed by atoms with Crippen LogP contribution in [0, 0.1) is 11.3 Å². The Hall–Kier alpha value is -2.55. The van der Waals surface area contributed by atoms with Gasteiger partial charge in [-0.3, -0.25) is 9.59 Å². The molecule has 0 saturated carbocycles. The van der Waals surface area contributed by atoms with Gasteiger partial charge >= 0.3 is 11.9 Å². The monoisotopic (exact) mass is 292 g/mol. The molecule has 0 spiro atoms. The van der Waals surface area contributed by atoms with Crippen molar-refractivity contribution < 1.29 is 19.1 Å². The van der Waals surface area contributed by atoms with Crippen molar-refractivity contribution in [3.05, 3.63) is 29.8 Å². The van der Waals surface area contributed by atoms with E-state index in [0.29, 0.717) is 5.56 Å². The first kappa shape index (κ1) is 18.4. The second kappa shape index (κ2) is 11.3. The molecule has 0 aliphatic rings. The minimum atomic E-state index is -0.536. The van der Waals surface area contributed by atoms with Crippen LogP contribution in [0.25, 0.3) is 0 Å². The van der Waals surface area contributed by atoms with E-state index in [1.807, 2.05) is 18.2 Å². The third-order valence-corrected chi connectivity index (χ3v) is 2.22. The van der Waals surface area contributed by atoms with Crippen molar-refractivity contribution in [2.75, 3.05) is 25.6 Å². The molecule has 1 rings (SSSR count). The minimum absolute atomic E-state index is 0.290. The van der Waals surface area contributed by atoms with Gasteiger partial charge in [0.2, 0.25) is 0 Å². The van der Waals surface area contributed by atoms with E-state index in [4.69, 9.17) is 5.26 Å². The number of nitrogens with zero attached hydrogens (tertiary/aromatic N) is 1. The number of nitrogens with one attached hydrogen (secondary N) is 1. The van der Waals surface area contributed by atoms with Gasteiger partial charge in [0.15, 0.2) is 0 Å². The quantitative estimate of drug-likeness (QED) is 0.660. The molecule has 0 saturated heterocycles. The molecule has 0 aliphatic carbocycles. The van der Waals surface area contributed by atoms with Crippen LogP contribution < -0.4 is 5.32 Å². The summed E-state index contributed by atoms with van der Waals surface area (Å²) in [5, 5.41) is 11.5. The van der Waals surface area contributed by atoms with Gasteiger partial charge in [-0.1, -0.05) is 12.1 Å². The Kier molecular flexibility index (Phi) is 9.92. The lowest BCUT2D eigenvalue weighted by Crippen LogP contribution is -2.13. The average Bonchev–Trinajstić information content (AvgIpc) is 2.48. The molecule has 1 aromatic rings. The molecule has 1 N–H and O–H groups in total. The lowest BCUT2D eigenvalue weighted by Gasteiger charge is -2.00. The average molecular weight is 292 g/mol. The third-order valence-electron chi connectivity index (χ3n) is 2.22. The van der Waals surface area contributed by atoms with Crippen LogP contribution in [0.15, 0.2) is 24.3 Å². The molecule has 0 radical (unpaired) electrons. The van der Waals surface area contributed by atoms with Gasteiger partial charge in [-0.2, -0.15) is 5.26 Å². The molecule has 0 atom stereocenters. The van der Waals surface area contributed by atoms with Crippen molar-refractivity contribution in [1.29, 1.82) is 5.26 Å². The molecule has 0 amide bonds. The standard InChI is InChI=1S/C8H8N2.C7H12O4/c1-10-8-5-3-2-4-7(8)6-9;1-3-10-6(8)5-7(9)11-4-2/h2-5,10H,1H3;3-5H2,1-2H3. The van der Waals surface area contributed by atoms with Gasteiger partial charge in [0.1, 0.15) is 12.5 Å². The van der Waals surface area contributed by atoms with Crippen molar-refractivity contribution in [1.82, 2.24) is 0 Å². The number of nitriles is 1. The highest BCUT2D eigenvalue weighted by Crippen LogP contribution is 2.11. The van der Waals surface area contributed by atoms with Crippen LogP contribution >= 0.6 is 0 Å². The van der Waals surface area contributed by atoms with E-state index in [1.54, 1.807) is 27.0 Å². The highest BCUT2D eigenvalue weighted by molar-refractivity contribution is 5.91. The Balaban J connectivity index is 0.000000382. The van der Waals surface area contributed by atoms with Crippen LogP contribution in [0.3, 0.4) is 0 Å². The van der Waals surface area contributed by atoms with Crippen LogP contribution in [-0.4, -0.2) is 32.2 Å². The van der Waals surface area contributed by atoms with Crippen LogP contribution in [0.4, 0.5) is 5.69 Å². The van der Waals surface area contributed by atoms with Gasteiger partial charge in [-0.15, -0.1) is 0 Å². The number of rotatable bonds is 5. The highest BCUT2D eigenvalue weighted by atomic mass is 16.5. The fourth-order valence-corrected chi connectivity index (χ4v) is 1.34. The van der Waals surface area contributed by atoms with E-state index in [-0.39, 0.29) is 19.6 Å². The summed E-state index contributed by atoms with van der Waals surface area (Å²) in [6.45, 7) is 3.95. The Bertz CT molecular complexity index is 479. The summed E-state index contributed by atoms with van der Waals surface area (Å²) in [7, 11) is 1.80. The molecule has 114 valence electrons. The van der Waals surface area contributed by atoms with E-state index in [9.17, 15) is 9.59 Å². The molecule has 0 bridgehead atoms. The first-order valence-electron chi connectivity index (χ1n) is 6.57. The highest BCUT2D eigenvalue weighted by Gasteiger charge is 2.09. The summed E-state index contributed by atoms with van der Waals surface area (Å²) >= 11 is 0. The number of ether oxygens (including phenoxy) is 2. The van der Waals surface area contributed by atoms with Crippen LogP contribution in [0.5, 0.6) is 0 Å². The first-order chi connectivity index (χ1) is 10.1. The number of carbonyl (C=O) groups excluding carboxylic acids is 2. The number of carbonyl (C=O) groups is 2. The van der Waals surface area contributed by atoms with Crippen LogP contribution in [0.1, 0.15) is 25.8 Å². The van der Waals surface area contributed by atoms with Gasteiger partial charge in [-0.05, 0) is 26.0 Å². The molecule has 6 nitrogen and oxygen atoms in total. The van der Waals surface area contributed by atoms with Crippen molar-refractivity contribution >= 4 is 17.6 Å². The zero-order valence-electron chi connectivity index (χ0n) is 12.5. The van der Waals surface area contributed by atoms with Gasteiger partial charge in [0, 0.05) is 7.05 Å². The Morgan fingerprint density at radius 1 is 1.14 bits per heavy atom. The van der Waals surface area contributed by atoms with E-state index in [0.717, 1.165) is 5.69 Å². The number of para-hydroxylation sites is 1. The molecular formula is C15H20N2O4. The van der Waals surface area contributed by atoms with Crippen LogP contribution in [-0.2, 0) is 19.1 Å². The third kappa shape index (κ3) is 8.26. The number of anilines is 1. The van der Waals surface area contributed by atoms with Crippen molar-refractivity contribution in [3.63, 3.8) is 0 Å². The van der Waals surface area contributed by atoms with Gasteiger partial charge < -0.3 is 14.8 Å². The lowest BCUT2D eigenvalue weighted by atomic mass is 10.2. The molecule has 0 unspecified atom stereocenters. The maximum Gasteiger partial charge on any atom is 0.317 e. The van der Waals surface area contributed by atoms with E-state index in [2.05, 4.69) is 20.9 Å². The summed E-state index contributed by atoms with van der Waals surface area (Å²) < 4.78 is 9.04. The fraction of sp³-hybridized carbons (Fsp3) is 0.400. The summed E-state index contributed by atoms with van der Waals surface area (Å²) in [5.41, 5.74) is 1.56. The lowest BCUT2D eigenvalue weighted by molar-refractivity contribution is -0.153. The number of hydrogen-bond donors (Lipinski definition) is 1. The van der Waals surface area contributed by atoms with E-state index in [1.165, 1.54) is 0 Å². The zero-order valence-corrected chi connectivity index (χ0v) is 12.5. The smallest absolute Gasteiger partial charge is 0.317 e. The molecule has 21 heavy (non-hydrogen) atoms. The van der Waals surface area contributed by atoms with E-state index < -0.39 is 11.9 Å². The minimum Gasteiger partial charge on any atom is -0.466 e. The fourth-order valence-electron chi connectivity index (χ4n) is 1.34. The maximum absolute atomic E-state index is 10.6. The SMILES string of the molecule is CCOC(=O)CC(=O)OCC.CNc1ccccc1C#N. The first-order valence-corrected chi connectivity index (χ1v) is 6.57. The van der Waals surface area contributed by atoms with Crippen molar-refractivity contribution in [2.45, 2.75) is 20.3 Å². The maximum atomic E-state index is 10.6. The summed E-state index contributed by atoms with van der Waals surface area (Å²) in [5.74, 6) is -1.07. The topological polar surface area (TPSA) is 88.4 Å². The molecule has 0 aliphatic heterocycles.